The zero-order valence-corrected chi connectivity index (χ0v) is 15.5. The monoisotopic (exact) mass is 386 g/mol. The molecule has 1 heterocycles. The van der Waals surface area contributed by atoms with Gasteiger partial charge in [-0.1, -0.05) is 0 Å². The van der Waals surface area contributed by atoms with Crippen LogP contribution >= 0.6 is 15.9 Å². The van der Waals surface area contributed by atoms with Crippen molar-refractivity contribution in [1.29, 1.82) is 0 Å². The van der Waals surface area contributed by atoms with E-state index in [2.05, 4.69) is 21.2 Å². The number of benzene rings is 1. The maximum atomic E-state index is 13.1. The van der Waals surface area contributed by atoms with Crippen molar-refractivity contribution in [2.24, 2.45) is 5.92 Å². The summed E-state index contributed by atoms with van der Waals surface area (Å²) in [6.07, 6.45) is 1.78. The molecule has 6 heteroatoms. The van der Waals surface area contributed by atoms with Crippen LogP contribution in [0.15, 0.2) is 22.7 Å². The van der Waals surface area contributed by atoms with E-state index in [1.807, 2.05) is 20.8 Å². The van der Waals surface area contributed by atoms with Crippen LogP contribution < -0.4 is 5.32 Å². The van der Waals surface area contributed by atoms with E-state index in [1.165, 1.54) is 12.1 Å². The topological polar surface area (TPSA) is 41.6 Å². The van der Waals surface area contributed by atoms with Gasteiger partial charge in [0.25, 0.3) is 0 Å². The number of carbonyl (C=O) groups is 1. The first-order valence-corrected chi connectivity index (χ1v) is 8.71. The molecule has 1 N–H and O–H groups in total. The van der Waals surface area contributed by atoms with Crippen LogP contribution in [0.4, 0.5) is 14.9 Å². The highest BCUT2D eigenvalue weighted by Gasteiger charge is 2.27. The lowest BCUT2D eigenvalue weighted by molar-refractivity contribution is 0.0172. The first kappa shape index (κ1) is 18.0. The number of carbonyl (C=O) groups excluding carboxylic acids is 1. The highest BCUT2D eigenvalue weighted by molar-refractivity contribution is 9.10. The van der Waals surface area contributed by atoms with Gasteiger partial charge in [0, 0.05) is 29.8 Å². The Balaban J connectivity index is 1.87. The summed E-state index contributed by atoms with van der Waals surface area (Å²) in [5.74, 6) is 0.0874. The van der Waals surface area contributed by atoms with Crippen LogP contribution in [-0.4, -0.2) is 36.2 Å². The number of anilines is 1. The molecular weight excluding hydrogens is 363 g/mol. The quantitative estimate of drug-likeness (QED) is 0.821. The molecule has 2 rings (SSSR count). The van der Waals surface area contributed by atoms with E-state index in [0.717, 1.165) is 31.6 Å². The van der Waals surface area contributed by atoms with Crippen molar-refractivity contribution in [2.45, 2.75) is 39.2 Å². The van der Waals surface area contributed by atoms with Crippen LogP contribution in [0.25, 0.3) is 0 Å². The molecule has 4 nitrogen and oxygen atoms in total. The number of rotatable bonds is 3. The molecule has 1 amide bonds. The van der Waals surface area contributed by atoms with E-state index in [1.54, 1.807) is 11.0 Å². The van der Waals surface area contributed by atoms with Gasteiger partial charge < -0.3 is 15.0 Å². The highest BCUT2D eigenvalue weighted by Crippen LogP contribution is 2.25. The SMILES string of the molecule is CC(C)(C)OC(=O)N1CCCC(CNc2ccc(F)cc2Br)C1. The van der Waals surface area contributed by atoms with Gasteiger partial charge in [-0.2, -0.15) is 0 Å². The Kier molecular flexibility index (Phi) is 5.89. The Morgan fingerprint density at radius 3 is 2.87 bits per heavy atom. The Morgan fingerprint density at radius 1 is 1.48 bits per heavy atom. The van der Waals surface area contributed by atoms with Gasteiger partial charge in [0.15, 0.2) is 0 Å². The second-order valence-corrected chi connectivity index (χ2v) is 7.79. The lowest BCUT2D eigenvalue weighted by atomic mass is 9.98. The summed E-state index contributed by atoms with van der Waals surface area (Å²) < 4.78 is 19.2. The fourth-order valence-electron chi connectivity index (χ4n) is 2.61. The summed E-state index contributed by atoms with van der Waals surface area (Å²) in [7, 11) is 0. The normalized spacial score (nSPS) is 18.7. The third-order valence-electron chi connectivity index (χ3n) is 3.68. The molecule has 1 saturated heterocycles. The standard InChI is InChI=1S/C17H24BrFN2O2/c1-17(2,3)23-16(22)21-8-4-5-12(11-21)10-20-15-7-6-13(19)9-14(15)18/h6-7,9,12,20H,4-5,8,10-11H2,1-3H3. The van der Waals surface area contributed by atoms with Gasteiger partial charge >= 0.3 is 6.09 Å². The first-order valence-electron chi connectivity index (χ1n) is 7.91. The number of nitrogens with one attached hydrogen (secondary N) is 1. The van der Waals surface area contributed by atoms with Crippen LogP contribution in [0.3, 0.4) is 0 Å². The van der Waals surface area contributed by atoms with E-state index in [0.29, 0.717) is 16.9 Å². The molecule has 0 bridgehead atoms. The van der Waals surface area contributed by atoms with Crippen LogP contribution in [0.2, 0.25) is 0 Å². The zero-order chi connectivity index (χ0) is 17.0. The predicted molar refractivity (Wildman–Crippen MR) is 93.1 cm³/mol. The lowest BCUT2D eigenvalue weighted by Crippen LogP contribution is -2.44. The summed E-state index contributed by atoms with van der Waals surface area (Å²) in [5, 5.41) is 3.33. The van der Waals surface area contributed by atoms with Crippen molar-refractivity contribution in [3.8, 4) is 0 Å². The number of ether oxygens (including phenoxy) is 1. The average Bonchev–Trinajstić information content (AvgIpc) is 2.45. The van der Waals surface area contributed by atoms with E-state index in [9.17, 15) is 9.18 Å². The van der Waals surface area contributed by atoms with Crippen LogP contribution in [0.1, 0.15) is 33.6 Å². The smallest absolute Gasteiger partial charge is 0.410 e. The second-order valence-electron chi connectivity index (χ2n) is 6.94. The molecule has 1 atom stereocenters. The summed E-state index contributed by atoms with van der Waals surface area (Å²) in [4.78, 5) is 13.9. The maximum Gasteiger partial charge on any atom is 0.410 e. The van der Waals surface area contributed by atoms with Crippen molar-refractivity contribution in [3.63, 3.8) is 0 Å². The van der Waals surface area contributed by atoms with Crippen molar-refractivity contribution >= 4 is 27.7 Å². The van der Waals surface area contributed by atoms with E-state index in [-0.39, 0.29) is 11.9 Å². The predicted octanol–water partition coefficient (Wildman–Crippen LogP) is 4.65. The average molecular weight is 387 g/mol. The zero-order valence-electron chi connectivity index (χ0n) is 13.9. The van der Waals surface area contributed by atoms with E-state index in [4.69, 9.17) is 4.74 Å². The number of nitrogens with zero attached hydrogens (tertiary/aromatic N) is 1. The number of amides is 1. The summed E-state index contributed by atoms with van der Waals surface area (Å²) in [5.41, 5.74) is 0.391. The second kappa shape index (κ2) is 7.51. The molecule has 23 heavy (non-hydrogen) atoms. The minimum Gasteiger partial charge on any atom is -0.444 e. The third kappa shape index (κ3) is 5.68. The summed E-state index contributed by atoms with van der Waals surface area (Å²) >= 11 is 3.35. The van der Waals surface area contributed by atoms with Crippen LogP contribution in [0, 0.1) is 11.7 Å². The minimum atomic E-state index is -0.471. The van der Waals surface area contributed by atoms with Gasteiger partial charge in [-0.3, -0.25) is 0 Å². The third-order valence-corrected chi connectivity index (χ3v) is 4.34. The molecule has 1 aliphatic heterocycles. The first-order chi connectivity index (χ1) is 10.7. The minimum absolute atomic E-state index is 0.245. The van der Waals surface area contributed by atoms with E-state index < -0.39 is 5.60 Å². The van der Waals surface area contributed by atoms with Gasteiger partial charge in [0.2, 0.25) is 0 Å². The van der Waals surface area contributed by atoms with Gasteiger partial charge in [-0.25, -0.2) is 9.18 Å². The molecular formula is C17H24BrFN2O2. The lowest BCUT2D eigenvalue weighted by Gasteiger charge is -2.34. The van der Waals surface area contributed by atoms with Gasteiger partial charge in [-0.05, 0) is 73.7 Å². The largest absolute Gasteiger partial charge is 0.444 e. The Morgan fingerprint density at radius 2 is 2.22 bits per heavy atom. The number of hydrogen-bond donors (Lipinski definition) is 1. The van der Waals surface area contributed by atoms with Crippen LogP contribution in [0.5, 0.6) is 0 Å². The van der Waals surface area contributed by atoms with Gasteiger partial charge in [-0.15, -0.1) is 0 Å². The molecule has 0 aromatic heterocycles. The Hall–Kier alpha value is -1.30. The molecule has 1 aliphatic rings. The molecule has 1 unspecified atom stereocenters. The molecule has 0 saturated carbocycles. The molecule has 0 spiro atoms. The maximum absolute atomic E-state index is 13.1. The molecule has 1 aromatic rings. The molecule has 0 radical (unpaired) electrons. The fraction of sp³-hybridized carbons (Fsp3) is 0.588. The van der Waals surface area contributed by atoms with Crippen molar-refractivity contribution < 1.29 is 13.9 Å². The number of piperidine rings is 1. The number of hydrogen-bond acceptors (Lipinski definition) is 3. The fourth-order valence-corrected chi connectivity index (χ4v) is 3.10. The summed E-state index contributed by atoms with van der Waals surface area (Å²) in [6, 6.07) is 4.59. The molecule has 128 valence electrons. The molecule has 0 aliphatic carbocycles. The van der Waals surface area contributed by atoms with Crippen molar-refractivity contribution in [2.75, 3.05) is 25.0 Å². The van der Waals surface area contributed by atoms with Gasteiger partial charge in [0.1, 0.15) is 11.4 Å². The highest BCUT2D eigenvalue weighted by atomic mass is 79.9. The molecule has 1 fully saturated rings. The van der Waals surface area contributed by atoms with Crippen molar-refractivity contribution in [1.82, 2.24) is 4.90 Å². The number of likely N-dealkylation sites (tertiary alicyclic amines) is 1. The van der Waals surface area contributed by atoms with Crippen molar-refractivity contribution in [3.05, 3.63) is 28.5 Å². The Labute approximate surface area is 145 Å². The van der Waals surface area contributed by atoms with Crippen LogP contribution in [-0.2, 0) is 4.74 Å². The Bertz CT molecular complexity index is 560. The number of halogens is 2. The molecule has 1 aromatic carbocycles. The van der Waals surface area contributed by atoms with E-state index >= 15 is 0 Å². The van der Waals surface area contributed by atoms with Gasteiger partial charge in [0.05, 0.1) is 0 Å². The summed E-state index contributed by atoms with van der Waals surface area (Å²) in [6.45, 7) is 7.79.